The molecule has 0 saturated heterocycles. The largest absolute Gasteiger partial charge is 0.416 e. The number of urea groups is 1. The van der Waals surface area contributed by atoms with Crippen LogP contribution in [0.3, 0.4) is 0 Å². The van der Waals surface area contributed by atoms with Crippen molar-refractivity contribution in [1.82, 2.24) is 5.32 Å². The molecule has 0 saturated carbocycles. The van der Waals surface area contributed by atoms with Crippen LogP contribution >= 0.6 is 0 Å². The minimum absolute atomic E-state index is 0.0157. The highest BCUT2D eigenvalue weighted by Gasteiger charge is 2.37. The molecule has 1 rings (SSSR count). The molecule has 0 fully saturated rings. The van der Waals surface area contributed by atoms with Gasteiger partial charge in [-0.05, 0) is 25.1 Å². The number of benzene rings is 1. The van der Waals surface area contributed by atoms with E-state index in [4.69, 9.17) is 4.74 Å². The van der Waals surface area contributed by atoms with Gasteiger partial charge in [0.05, 0.1) is 17.7 Å². The molecule has 0 unspecified atom stereocenters. The number of alkyl halides is 6. The Morgan fingerprint density at radius 3 is 2.00 bits per heavy atom. The van der Waals surface area contributed by atoms with Crippen molar-refractivity contribution in [1.29, 1.82) is 0 Å². The molecule has 0 atom stereocenters. The van der Waals surface area contributed by atoms with Gasteiger partial charge in [-0.15, -0.1) is 0 Å². The summed E-state index contributed by atoms with van der Waals surface area (Å²) in [5.74, 6) is 0. The predicted octanol–water partition coefficient (Wildman–Crippen LogP) is 3.88. The van der Waals surface area contributed by atoms with Gasteiger partial charge in [0.2, 0.25) is 0 Å². The van der Waals surface area contributed by atoms with Crippen LogP contribution in [0.4, 0.5) is 36.8 Å². The van der Waals surface area contributed by atoms with Crippen LogP contribution in [0.25, 0.3) is 0 Å². The fourth-order valence-electron chi connectivity index (χ4n) is 1.58. The van der Waals surface area contributed by atoms with Crippen LogP contribution < -0.4 is 10.6 Å². The van der Waals surface area contributed by atoms with Crippen molar-refractivity contribution in [3.05, 3.63) is 29.3 Å². The number of rotatable bonds is 5. The molecule has 23 heavy (non-hydrogen) atoms. The van der Waals surface area contributed by atoms with Gasteiger partial charge in [0.1, 0.15) is 0 Å². The van der Waals surface area contributed by atoms with Gasteiger partial charge in [0.15, 0.2) is 0 Å². The normalized spacial score (nSPS) is 12.1. The smallest absolute Gasteiger partial charge is 0.380 e. The molecular formula is C13H14F6N2O2. The highest BCUT2D eigenvalue weighted by molar-refractivity contribution is 5.89. The molecular weight excluding hydrogens is 330 g/mol. The molecule has 0 aliphatic rings. The van der Waals surface area contributed by atoms with Crippen LogP contribution in [0.1, 0.15) is 18.1 Å². The monoisotopic (exact) mass is 344 g/mol. The Labute approximate surface area is 127 Å². The van der Waals surface area contributed by atoms with Gasteiger partial charge in [-0.3, -0.25) is 0 Å². The quantitative estimate of drug-likeness (QED) is 0.629. The number of amides is 2. The first-order chi connectivity index (χ1) is 10.5. The second kappa shape index (κ2) is 7.53. The zero-order chi connectivity index (χ0) is 17.7. The Morgan fingerprint density at radius 2 is 1.57 bits per heavy atom. The van der Waals surface area contributed by atoms with Gasteiger partial charge in [-0.2, -0.15) is 26.3 Å². The first kappa shape index (κ1) is 19.1. The molecule has 0 aromatic heterocycles. The summed E-state index contributed by atoms with van der Waals surface area (Å²) in [6.45, 7) is 2.36. The molecule has 0 spiro atoms. The summed E-state index contributed by atoms with van der Waals surface area (Å²) in [6.07, 6.45) is -9.94. The van der Waals surface area contributed by atoms with Crippen molar-refractivity contribution in [2.45, 2.75) is 19.3 Å². The van der Waals surface area contributed by atoms with E-state index in [0.717, 1.165) is 0 Å². The van der Waals surface area contributed by atoms with Crippen LogP contribution in [0, 0.1) is 0 Å². The Morgan fingerprint density at radius 1 is 1.04 bits per heavy atom. The Hall–Kier alpha value is -1.97. The number of halogens is 6. The van der Waals surface area contributed by atoms with Gasteiger partial charge in [0, 0.05) is 18.8 Å². The number of hydrogen-bond donors (Lipinski definition) is 2. The lowest BCUT2D eigenvalue weighted by molar-refractivity contribution is -0.143. The second-order valence-corrected chi connectivity index (χ2v) is 4.37. The topological polar surface area (TPSA) is 50.4 Å². The van der Waals surface area contributed by atoms with E-state index in [0.29, 0.717) is 18.7 Å². The molecule has 10 heteroatoms. The number of ether oxygens (including phenoxy) is 1. The summed E-state index contributed by atoms with van der Waals surface area (Å²) in [6, 6.07) is -0.0930. The molecule has 130 valence electrons. The second-order valence-electron chi connectivity index (χ2n) is 4.37. The van der Waals surface area contributed by atoms with E-state index in [9.17, 15) is 31.1 Å². The summed E-state index contributed by atoms with van der Waals surface area (Å²) in [5.41, 5.74) is -3.62. The number of carbonyl (C=O) groups excluding carboxylic acids is 1. The van der Waals surface area contributed by atoms with Gasteiger partial charge >= 0.3 is 18.4 Å². The van der Waals surface area contributed by atoms with E-state index in [1.165, 1.54) is 0 Å². The maximum absolute atomic E-state index is 12.6. The van der Waals surface area contributed by atoms with Gasteiger partial charge in [-0.25, -0.2) is 4.79 Å². The maximum atomic E-state index is 12.6. The van der Waals surface area contributed by atoms with Gasteiger partial charge < -0.3 is 15.4 Å². The maximum Gasteiger partial charge on any atom is 0.416 e. The number of hydrogen-bond acceptors (Lipinski definition) is 2. The summed E-state index contributed by atoms with van der Waals surface area (Å²) in [7, 11) is 0. The van der Waals surface area contributed by atoms with E-state index in [2.05, 4.69) is 5.32 Å². The Balaban J connectivity index is 2.91. The third kappa shape index (κ3) is 6.35. The molecule has 0 aliphatic carbocycles. The Kier molecular flexibility index (Phi) is 6.25. The SMILES string of the molecule is CCOCCNC(=O)Nc1cc(C(F)(F)F)cc(C(F)(F)F)c1. The average Bonchev–Trinajstić information content (AvgIpc) is 2.41. The van der Waals surface area contributed by atoms with Gasteiger partial charge in [-0.1, -0.05) is 0 Å². The first-order valence-corrected chi connectivity index (χ1v) is 6.46. The molecule has 0 radical (unpaired) electrons. The molecule has 1 aromatic rings. The zero-order valence-electron chi connectivity index (χ0n) is 11.9. The third-order valence-corrected chi connectivity index (χ3v) is 2.58. The number of anilines is 1. The fourth-order valence-corrected chi connectivity index (χ4v) is 1.58. The van der Waals surface area contributed by atoms with Crippen molar-refractivity contribution in [2.24, 2.45) is 0 Å². The standard InChI is InChI=1S/C13H14F6N2O2/c1-2-23-4-3-20-11(22)21-10-6-8(12(14,15)16)5-9(7-10)13(17,18)19/h5-7H,2-4H2,1H3,(H2,20,21,22). The summed E-state index contributed by atoms with van der Waals surface area (Å²) in [5, 5.41) is 4.18. The summed E-state index contributed by atoms with van der Waals surface area (Å²) in [4.78, 5) is 11.5. The molecule has 0 aliphatic heterocycles. The van der Waals surface area contributed by atoms with Gasteiger partial charge in [0.25, 0.3) is 0 Å². The molecule has 2 amide bonds. The van der Waals surface area contributed by atoms with Crippen molar-refractivity contribution in [2.75, 3.05) is 25.1 Å². The van der Waals surface area contributed by atoms with Crippen LogP contribution in [0.5, 0.6) is 0 Å². The highest BCUT2D eigenvalue weighted by Crippen LogP contribution is 2.37. The molecule has 0 heterocycles. The van der Waals surface area contributed by atoms with Crippen molar-refractivity contribution in [3.8, 4) is 0 Å². The summed E-state index contributed by atoms with van der Waals surface area (Å²) >= 11 is 0. The van der Waals surface area contributed by atoms with Crippen molar-refractivity contribution >= 4 is 11.7 Å². The van der Waals surface area contributed by atoms with Crippen LogP contribution in [0.2, 0.25) is 0 Å². The minimum atomic E-state index is -4.97. The molecule has 1 aromatic carbocycles. The minimum Gasteiger partial charge on any atom is -0.380 e. The van der Waals surface area contributed by atoms with E-state index in [-0.39, 0.29) is 19.2 Å². The lowest BCUT2D eigenvalue weighted by Gasteiger charge is -2.15. The van der Waals surface area contributed by atoms with E-state index >= 15 is 0 Å². The van der Waals surface area contributed by atoms with Crippen LogP contribution in [0.15, 0.2) is 18.2 Å². The van der Waals surface area contributed by atoms with Crippen LogP contribution in [-0.4, -0.2) is 25.8 Å². The number of carbonyl (C=O) groups is 1. The predicted molar refractivity (Wildman–Crippen MR) is 70.0 cm³/mol. The molecule has 2 N–H and O–H groups in total. The van der Waals surface area contributed by atoms with E-state index in [1.807, 2.05) is 5.32 Å². The highest BCUT2D eigenvalue weighted by atomic mass is 19.4. The average molecular weight is 344 g/mol. The van der Waals surface area contributed by atoms with Crippen molar-refractivity contribution in [3.63, 3.8) is 0 Å². The zero-order valence-corrected chi connectivity index (χ0v) is 11.9. The lowest BCUT2D eigenvalue weighted by Crippen LogP contribution is -2.31. The van der Waals surface area contributed by atoms with Crippen LogP contribution in [-0.2, 0) is 17.1 Å². The third-order valence-electron chi connectivity index (χ3n) is 2.58. The molecule has 0 bridgehead atoms. The number of nitrogens with one attached hydrogen (secondary N) is 2. The summed E-state index contributed by atoms with van der Waals surface area (Å²) < 4.78 is 80.8. The fraction of sp³-hybridized carbons (Fsp3) is 0.462. The molecule has 4 nitrogen and oxygen atoms in total. The van der Waals surface area contributed by atoms with Crippen molar-refractivity contribution < 1.29 is 35.9 Å². The van der Waals surface area contributed by atoms with E-state index in [1.54, 1.807) is 6.92 Å². The lowest BCUT2D eigenvalue weighted by atomic mass is 10.1. The van der Waals surface area contributed by atoms with E-state index < -0.39 is 35.2 Å². The first-order valence-electron chi connectivity index (χ1n) is 6.46. The Bertz CT molecular complexity index is 510.